The molecular formula is C13H9BrClFN2O. The highest BCUT2D eigenvalue weighted by atomic mass is 79.9. The molecule has 0 bridgehead atoms. The van der Waals surface area contributed by atoms with Crippen molar-refractivity contribution in [1.82, 2.24) is 9.97 Å². The number of ether oxygens (including phenoxy) is 1. The van der Waals surface area contributed by atoms with E-state index in [0.29, 0.717) is 33.0 Å². The van der Waals surface area contributed by atoms with Crippen molar-refractivity contribution in [1.29, 1.82) is 0 Å². The maximum atomic E-state index is 13.2. The summed E-state index contributed by atoms with van der Waals surface area (Å²) in [6, 6.07) is 5.73. The zero-order chi connectivity index (χ0) is 13.4. The lowest BCUT2D eigenvalue weighted by molar-refractivity contribution is 0.451. The Labute approximate surface area is 122 Å². The lowest BCUT2D eigenvalue weighted by Crippen LogP contribution is -1.97. The molecule has 0 spiro atoms. The molecule has 98 valence electrons. The Morgan fingerprint density at radius 3 is 2.79 bits per heavy atom. The third kappa shape index (κ3) is 3.04. The molecule has 0 N–H and O–H groups in total. The summed E-state index contributed by atoms with van der Waals surface area (Å²) in [4.78, 5) is 8.47. The smallest absolute Gasteiger partial charge is 0.224 e. The van der Waals surface area contributed by atoms with Gasteiger partial charge in [-0.3, -0.25) is 0 Å². The van der Waals surface area contributed by atoms with Crippen molar-refractivity contribution in [2.45, 2.75) is 18.8 Å². The van der Waals surface area contributed by atoms with Gasteiger partial charge in [-0.25, -0.2) is 9.37 Å². The SMILES string of the molecule is Fc1ccc(Br)c(Oc2cc(Cl)nc(C3CC3)n2)c1. The van der Waals surface area contributed by atoms with Gasteiger partial charge in [0.05, 0.1) is 4.47 Å². The first kappa shape index (κ1) is 12.8. The molecule has 1 aromatic carbocycles. The van der Waals surface area contributed by atoms with Crippen molar-refractivity contribution in [2.24, 2.45) is 0 Å². The Bertz CT molecular complexity index is 634. The van der Waals surface area contributed by atoms with Crippen LogP contribution in [0.25, 0.3) is 0 Å². The second-order valence-electron chi connectivity index (χ2n) is 4.34. The summed E-state index contributed by atoms with van der Waals surface area (Å²) in [5, 5.41) is 0.333. The molecule has 0 aliphatic heterocycles. The fourth-order valence-electron chi connectivity index (χ4n) is 1.66. The number of rotatable bonds is 3. The molecule has 19 heavy (non-hydrogen) atoms. The summed E-state index contributed by atoms with van der Waals surface area (Å²) < 4.78 is 19.4. The summed E-state index contributed by atoms with van der Waals surface area (Å²) in [5.41, 5.74) is 0. The Kier molecular flexibility index (Phi) is 3.41. The van der Waals surface area contributed by atoms with Gasteiger partial charge < -0.3 is 4.74 Å². The third-order valence-electron chi connectivity index (χ3n) is 2.74. The zero-order valence-corrected chi connectivity index (χ0v) is 12.1. The van der Waals surface area contributed by atoms with Crippen molar-refractivity contribution in [3.8, 4) is 11.6 Å². The van der Waals surface area contributed by atoms with Crippen molar-refractivity contribution in [2.75, 3.05) is 0 Å². The van der Waals surface area contributed by atoms with Gasteiger partial charge in [0.1, 0.15) is 22.5 Å². The monoisotopic (exact) mass is 342 g/mol. The average Bonchev–Trinajstić information content (AvgIpc) is 3.17. The van der Waals surface area contributed by atoms with Crippen molar-refractivity contribution < 1.29 is 9.13 Å². The molecule has 0 unspecified atom stereocenters. The first-order valence-electron chi connectivity index (χ1n) is 5.79. The van der Waals surface area contributed by atoms with E-state index in [1.54, 1.807) is 6.07 Å². The first-order chi connectivity index (χ1) is 9.11. The van der Waals surface area contributed by atoms with E-state index in [1.807, 2.05) is 0 Å². The molecule has 1 saturated carbocycles. The van der Waals surface area contributed by atoms with Crippen molar-refractivity contribution in [3.63, 3.8) is 0 Å². The molecule has 6 heteroatoms. The van der Waals surface area contributed by atoms with E-state index in [2.05, 4.69) is 25.9 Å². The van der Waals surface area contributed by atoms with E-state index in [-0.39, 0.29) is 5.82 Å². The van der Waals surface area contributed by atoms with Crippen LogP contribution in [0.2, 0.25) is 5.15 Å². The van der Waals surface area contributed by atoms with Crippen LogP contribution in [0, 0.1) is 5.82 Å². The van der Waals surface area contributed by atoms with Gasteiger partial charge in [-0.15, -0.1) is 0 Å². The normalized spacial score (nSPS) is 14.5. The largest absolute Gasteiger partial charge is 0.438 e. The molecule has 0 atom stereocenters. The van der Waals surface area contributed by atoms with Crippen molar-refractivity contribution >= 4 is 27.5 Å². The molecule has 0 saturated heterocycles. The topological polar surface area (TPSA) is 35.0 Å². The van der Waals surface area contributed by atoms with E-state index in [1.165, 1.54) is 18.2 Å². The molecule has 3 rings (SSSR count). The minimum Gasteiger partial charge on any atom is -0.438 e. The average molecular weight is 344 g/mol. The summed E-state index contributed by atoms with van der Waals surface area (Å²) in [6.07, 6.45) is 2.15. The van der Waals surface area contributed by atoms with E-state index < -0.39 is 0 Å². The molecular weight excluding hydrogens is 335 g/mol. The summed E-state index contributed by atoms with van der Waals surface area (Å²) in [7, 11) is 0. The van der Waals surface area contributed by atoms with Crippen LogP contribution in [0.4, 0.5) is 4.39 Å². The standard InChI is InChI=1S/C13H9BrClFN2O/c14-9-4-3-8(16)5-10(9)19-12-6-11(15)17-13(18-12)7-1-2-7/h3-7H,1-2H2. The highest BCUT2D eigenvalue weighted by molar-refractivity contribution is 9.10. The maximum Gasteiger partial charge on any atom is 0.224 e. The van der Waals surface area contributed by atoms with Gasteiger partial charge in [-0.2, -0.15) is 4.98 Å². The molecule has 1 aliphatic rings. The first-order valence-corrected chi connectivity index (χ1v) is 6.96. The van der Waals surface area contributed by atoms with Gasteiger partial charge in [0, 0.05) is 18.1 Å². The highest BCUT2D eigenvalue weighted by Crippen LogP contribution is 2.39. The van der Waals surface area contributed by atoms with Crippen LogP contribution in [0.1, 0.15) is 24.6 Å². The van der Waals surface area contributed by atoms with E-state index in [0.717, 1.165) is 12.8 Å². The highest BCUT2D eigenvalue weighted by Gasteiger charge is 2.27. The fourth-order valence-corrected chi connectivity index (χ4v) is 2.17. The predicted octanol–water partition coefficient (Wildman–Crippen LogP) is 4.70. The molecule has 1 fully saturated rings. The van der Waals surface area contributed by atoms with Gasteiger partial charge >= 0.3 is 0 Å². The van der Waals surface area contributed by atoms with Crippen LogP contribution in [0.5, 0.6) is 11.6 Å². The molecule has 2 aromatic rings. The quantitative estimate of drug-likeness (QED) is 0.758. The minimum absolute atomic E-state index is 0.327. The van der Waals surface area contributed by atoms with E-state index in [9.17, 15) is 4.39 Å². The van der Waals surface area contributed by atoms with Gasteiger partial charge in [0.2, 0.25) is 5.88 Å². The molecule has 3 nitrogen and oxygen atoms in total. The second-order valence-corrected chi connectivity index (χ2v) is 5.58. The summed E-state index contributed by atoms with van der Waals surface area (Å²) in [5.74, 6) is 1.37. The lowest BCUT2D eigenvalue weighted by atomic mass is 10.3. The molecule has 1 aliphatic carbocycles. The molecule has 0 amide bonds. The van der Waals surface area contributed by atoms with E-state index in [4.69, 9.17) is 16.3 Å². The van der Waals surface area contributed by atoms with E-state index >= 15 is 0 Å². The Morgan fingerprint density at radius 2 is 2.05 bits per heavy atom. The maximum absolute atomic E-state index is 13.2. The van der Waals surface area contributed by atoms with Gasteiger partial charge in [0.25, 0.3) is 0 Å². The Hall–Kier alpha value is -1.20. The van der Waals surface area contributed by atoms with Gasteiger partial charge in [-0.1, -0.05) is 11.6 Å². The summed E-state index contributed by atoms with van der Waals surface area (Å²) in [6.45, 7) is 0. The predicted molar refractivity (Wildman–Crippen MR) is 73.2 cm³/mol. The number of aromatic nitrogens is 2. The number of nitrogens with zero attached hydrogens (tertiary/aromatic N) is 2. The van der Waals surface area contributed by atoms with Crippen LogP contribution in [-0.2, 0) is 0 Å². The molecule has 1 aromatic heterocycles. The zero-order valence-electron chi connectivity index (χ0n) is 9.74. The van der Waals surface area contributed by atoms with Crippen LogP contribution in [0.3, 0.4) is 0 Å². The molecule has 1 heterocycles. The Morgan fingerprint density at radius 1 is 1.26 bits per heavy atom. The fraction of sp³-hybridized carbons (Fsp3) is 0.231. The molecule has 0 radical (unpaired) electrons. The van der Waals surface area contributed by atoms with Crippen LogP contribution in [-0.4, -0.2) is 9.97 Å². The number of benzene rings is 1. The van der Waals surface area contributed by atoms with Crippen molar-refractivity contribution in [3.05, 3.63) is 45.5 Å². The van der Waals surface area contributed by atoms with Gasteiger partial charge in [0.15, 0.2) is 0 Å². The van der Waals surface area contributed by atoms with Crippen LogP contribution >= 0.6 is 27.5 Å². The number of hydrogen-bond donors (Lipinski definition) is 0. The van der Waals surface area contributed by atoms with Crippen LogP contribution < -0.4 is 4.74 Å². The van der Waals surface area contributed by atoms with Gasteiger partial charge in [-0.05, 0) is 40.9 Å². The third-order valence-corrected chi connectivity index (χ3v) is 3.59. The minimum atomic E-state index is -0.374. The van der Waals surface area contributed by atoms with Crippen LogP contribution in [0.15, 0.2) is 28.7 Å². The Balaban J connectivity index is 1.92. The second kappa shape index (κ2) is 5.06. The summed E-state index contributed by atoms with van der Waals surface area (Å²) >= 11 is 9.24. The number of hydrogen-bond acceptors (Lipinski definition) is 3. The lowest BCUT2D eigenvalue weighted by Gasteiger charge is -2.08. The number of halogens is 3.